The van der Waals surface area contributed by atoms with Crippen LogP contribution < -0.4 is 15.4 Å². The molecule has 0 saturated heterocycles. The predicted octanol–water partition coefficient (Wildman–Crippen LogP) is 2.56. The Hall–Kier alpha value is -1.46. The molecule has 1 atom stereocenters. The van der Waals surface area contributed by atoms with Crippen LogP contribution in [0.5, 0.6) is 5.75 Å². The van der Waals surface area contributed by atoms with Gasteiger partial charge in [-0.25, -0.2) is 4.79 Å². The molecule has 1 aromatic carbocycles. The molecule has 5 nitrogen and oxygen atoms in total. The van der Waals surface area contributed by atoms with Crippen molar-refractivity contribution in [2.75, 3.05) is 18.5 Å². The molecular formula is C14H19ClN2O3. The number of hydrogen-bond donors (Lipinski definition) is 3. The summed E-state index contributed by atoms with van der Waals surface area (Å²) in [6, 6.07) is 3.20. The number of ether oxygens (including phenoxy) is 1. The largest absolute Gasteiger partial charge is 0.491 e. The predicted molar refractivity (Wildman–Crippen MR) is 78.6 cm³/mol. The maximum Gasteiger partial charge on any atom is 0.319 e. The number of fused-ring (bicyclic) bond motifs is 1. The normalized spacial score (nSPS) is 14.3. The first kappa shape index (κ1) is 14.9. The molecule has 110 valence electrons. The van der Waals surface area contributed by atoms with Gasteiger partial charge in [-0.1, -0.05) is 18.5 Å². The van der Waals surface area contributed by atoms with E-state index >= 15 is 0 Å². The zero-order valence-corrected chi connectivity index (χ0v) is 12.2. The fourth-order valence-electron chi connectivity index (χ4n) is 2.09. The van der Waals surface area contributed by atoms with Crippen LogP contribution in [0.2, 0.25) is 5.02 Å². The van der Waals surface area contributed by atoms with Crippen molar-refractivity contribution in [2.24, 2.45) is 0 Å². The summed E-state index contributed by atoms with van der Waals surface area (Å²) in [6.07, 6.45) is 1.64. The third kappa shape index (κ3) is 3.77. The van der Waals surface area contributed by atoms with Crippen molar-refractivity contribution in [1.29, 1.82) is 0 Å². The quantitative estimate of drug-likeness (QED) is 0.782. The number of anilines is 1. The van der Waals surface area contributed by atoms with Gasteiger partial charge < -0.3 is 20.5 Å². The molecule has 6 heteroatoms. The highest BCUT2D eigenvalue weighted by molar-refractivity contribution is 6.31. The molecule has 0 aromatic heterocycles. The van der Waals surface area contributed by atoms with Crippen LogP contribution in [0.4, 0.5) is 10.5 Å². The highest BCUT2D eigenvalue weighted by atomic mass is 35.5. The van der Waals surface area contributed by atoms with Gasteiger partial charge >= 0.3 is 6.03 Å². The van der Waals surface area contributed by atoms with Gasteiger partial charge in [0, 0.05) is 23.6 Å². The lowest BCUT2D eigenvalue weighted by Crippen LogP contribution is -2.31. The zero-order valence-electron chi connectivity index (χ0n) is 11.4. The number of hydrogen-bond acceptors (Lipinski definition) is 3. The molecule has 2 amide bonds. The molecule has 0 aliphatic carbocycles. The van der Waals surface area contributed by atoms with E-state index in [-0.39, 0.29) is 12.1 Å². The number of urea groups is 1. The SMILES string of the molecule is CC[C@H](O)CCNC(=O)Nc1cc(Cl)cc2c1OCC2. The van der Waals surface area contributed by atoms with Crippen LogP contribution in [-0.2, 0) is 6.42 Å². The van der Waals surface area contributed by atoms with Crippen molar-refractivity contribution in [3.05, 3.63) is 22.7 Å². The van der Waals surface area contributed by atoms with Crippen molar-refractivity contribution < 1.29 is 14.6 Å². The number of nitrogens with one attached hydrogen (secondary N) is 2. The summed E-state index contributed by atoms with van der Waals surface area (Å²) >= 11 is 6.02. The topological polar surface area (TPSA) is 70.6 Å². The number of amides is 2. The minimum atomic E-state index is -0.381. The van der Waals surface area contributed by atoms with Crippen molar-refractivity contribution in [3.63, 3.8) is 0 Å². The molecule has 0 bridgehead atoms. The fourth-order valence-corrected chi connectivity index (χ4v) is 2.33. The van der Waals surface area contributed by atoms with Gasteiger partial charge in [0.15, 0.2) is 0 Å². The molecule has 3 N–H and O–H groups in total. The molecule has 1 heterocycles. The highest BCUT2D eigenvalue weighted by Gasteiger charge is 2.18. The standard InChI is InChI=1S/C14H19ClN2O3/c1-2-11(18)3-5-16-14(19)17-12-8-10(15)7-9-4-6-20-13(9)12/h7-8,11,18H,2-6H2,1H3,(H2,16,17,19)/t11-/m0/s1. The van der Waals surface area contributed by atoms with Crippen molar-refractivity contribution >= 4 is 23.3 Å². The number of carbonyl (C=O) groups excluding carboxylic acids is 1. The van der Waals surface area contributed by atoms with E-state index in [0.29, 0.717) is 42.5 Å². The number of aliphatic hydroxyl groups excluding tert-OH is 1. The first-order valence-corrected chi connectivity index (χ1v) is 7.16. The van der Waals surface area contributed by atoms with Gasteiger partial charge in [0.2, 0.25) is 0 Å². The lowest BCUT2D eigenvalue weighted by molar-refractivity contribution is 0.160. The molecule has 1 aromatic rings. The van der Waals surface area contributed by atoms with Gasteiger partial charge in [-0.15, -0.1) is 0 Å². The molecule has 0 saturated carbocycles. The molecule has 1 aliphatic rings. The average molecular weight is 299 g/mol. The number of rotatable bonds is 5. The Morgan fingerprint density at radius 1 is 1.55 bits per heavy atom. The Balaban J connectivity index is 1.92. The maximum atomic E-state index is 11.8. The van der Waals surface area contributed by atoms with E-state index in [4.69, 9.17) is 16.3 Å². The van der Waals surface area contributed by atoms with Crippen LogP contribution in [0.25, 0.3) is 0 Å². The second kappa shape index (κ2) is 6.81. The molecule has 0 spiro atoms. The van der Waals surface area contributed by atoms with E-state index in [1.54, 1.807) is 6.07 Å². The van der Waals surface area contributed by atoms with Crippen LogP contribution in [0.1, 0.15) is 25.3 Å². The molecule has 2 rings (SSSR count). The Labute approximate surface area is 123 Å². The summed E-state index contributed by atoms with van der Waals surface area (Å²) in [4.78, 5) is 11.8. The first-order valence-electron chi connectivity index (χ1n) is 6.78. The van der Waals surface area contributed by atoms with Crippen molar-refractivity contribution in [2.45, 2.75) is 32.3 Å². The third-order valence-corrected chi connectivity index (χ3v) is 3.45. The van der Waals surface area contributed by atoms with Crippen LogP contribution in [0.3, 0.4) is 0 Å². The zero-order chi connectivity index (χ0) is 14.5. The number of benzene rings is 1. The van der Waals surface area contributed by atoms with Crippen LogP contribution in [0, 0.1) is 0 Å². The Bertz CT molecular complexity index is 494. The van der Waals surface area contributed by atoms with Gasteiger partial charge in [0.25, 0.3) is 0 Å². The van der Waals surface area contributed by atoms with E-state index in [1.807, 2.05) is 13.0 Å². The average Bonchev–Trinajstić information content (AvgIpc) is 2.86. The maximum absolute atomic E-state index is 11.8. The summed E-state index contributed by atoms with van der Waals surface area (Å²) in [7, 11) is 0. The Morgan fingerprint density at radius 3 is 3.10 bits per heavy atom. The summed E-state index contributed by atoms with van der Waals surface area (Å²) in [5.41, 5.74) is 1.59. The number of carbonyl (C=O) groups is 1. The third-order valence-electron chi connectivity index (χ3n) is 3.23. The first-order chi connectivity index (χ1) is 9.60. The lowest BCUT2D eigenvalue weighted by Gasteiger charge is -2.12. The monoisotopic (exact) mass is 298 g/mol. The summed E-state index contributed by atoms with van der Waals surface area (Å²) in [5.74, 6) is 0.693. The smallest absolute Gasteiger partial charge is 0.319 e. The minimum Gasteiger partial charge on any atom is -0.491 e. The molecule has 1 aliphatic heterocycles. The van der Waals surface area contributed by atoms with Crippen LogP contribution in [0.15, 0.2) is 12.1 Å². The summed E-state index contributed by atoms with van der Waals surface area (Å²) in [5, 5.41) is 15.4. The van der Waals surface area contributed by atoms with Crippen molar-refractivity contribution in [1.82, 2.24) is 5.32 Å². The molecule has 0 fully saturated rings. The highest BCUT2D eigenvalue weighted by Crippen LogP contribution is 2.36. The number of halogens is 1. The Kier molecular flexibility index (Phi) is 5.09. The van der Waals surface area contributed by atoms with Gasteiger partial charge in [-0.3, -0.25) is 0 Å². The van der Waals surface area contributed by atoms with Gasteiger partial charge in [-0.05, 0) is 25.0 Å². The Morgan fingerprint density at radius 2 is 2.35 bits per heavy atom. The van der Waals surface area contributed by atoms with E-state index < -0.39 is 0 Å². The molecule has 20 heavy (non-hydrogen) atoms. The van der Waals surface area contributed by atoms with Gasteiger partial charge in [-0.2, -0.15) is 0 Å². The molecule has 0 radical (unpaired) electrons. The van der Waals surface area contributed by atoms with E-state index in [1.165, 1.54) is 0 Å². The minimum absolute atomic E-state index is 0.326. The van der Waals surface area contributed by atoms with Gasteiger partial charge in [0.05, 0.1) is 18.4 Å². The molecular weight excluding hydrogens is 280 g/mol. The van der Waals surface area contributed by atoms with Crippen LogP contribution in [-0.4, -0.2) is 30.4 Å². The second-order valence-electron chi connectivity index (χ2n) is 4.77. The summed E-state index contributed by atoms with van der Waals surface area (Å²) in [6.45, 7) is 2.93. The van der Waals surface area contributed by atoms with E-state index in [2.05, 4.69) is 10.6 Å². The number of aliphatic hydroxyl groups is 1. The second-order valence-corrected chi connectivity index (χ2v) is 5.21. The van der Waals surface area contributed by atoms with Gasteiger partial charge in [0.1, 0.15) is 5.75 Å². The summed E-state index contributed by atoms with van der Waals surface area (Å²) < 4.78 is 5.50. The van der Waals surface area contributed by atoms with E-state index in [9.17, 15) is 9.90 Å². The van der Waals surface area contributed by atoms with E-state index in [0.717, 1.165) is 12.0 Å². The van der Waals surface area contributed by atoms with Crippen molar-refractivity contribution in [3.8, 4) is 5.75 Å². The van der Waals surface area contributed by atoms with Crippen LogP contribution >= 0.6 is 11.6 Å². The molecule has 0 unspecified atom stereocenters. The lowest BCUT2D eigenvalue weighted by atomic mass is 10.1. The fraction of sp³-hybridized carbons (Fsp3) is 0.500.